The Kier molecular flexibility index (Phi) is 3.54. The van der Waals surface area contributed by atoms with Crippen LogP contribution in [0.4, 0.5) is 0 Å². The van der Waals surface area contributed by atoms with E-state index in [4.69, 9.17) is 4.98 Å². The zero-order valence-electron chi connectivity index (χ0n) is 11.6. The van der Waals surface area contributed by atoms with Crippen molar-refractivity contribution in [3.8, 4) is 33.0 Å². The molecule has 0 N–H and O–H groups in total. The van der Waals surface area contributed by atoms with Crippen LogP contribution in [0.3, 0.4) is 0 Å². The van der Waals surface area contributed by atoms with Gasteiger partial charge in [0.2, 0.25) is 0 Å². The zero-order chi connectivity index (χ0) is 14.8. The number of rotatable bonds is 3. The van der Waals surface area contributed by atoms with Gasteiger partial charge in [0, 0.05) is 23.3 Å². The Morgan fingerprint density at radius 2 is 1.64 bits per heavy atom. The second-order valence-corrected chi connectivity index (χ2v) is 6.58. The lowest BCUT2D eigenvalue weighted by Crippen LogP contribution is -1.89. The van der Waals surface area contributed by atoms with Gasteiger partial charge >= 0.3 is 0 Å². The molecule has 4 aromatic heterocycles. The Bertz CT molecular complexity index is 814. The standard InChI is InChI=1S/C18H12N2S2/c1-2-18(22-8-1)17-11-15(13-3-6-19-7-4-13)10-16(20-17)14-5-9-21-12-14/h1-12H. The molecular formula is C18H12N2S2. The minimum absolute atomic E-state index is 1.01. The van der Waals surface area contributed by atoms with Gasteiger partial charge in [-0.25, -0.2) is 4.98 Å². The van der Waals surface area contributed by atoms with E-state index in [1.54, 1.807) is 22.7 Å². The molecule has 0 aliphatic carbocycles. The van der Waals surface area contributed by atoms with Crippen molar-refractivity contribution in [2.45, 2.75) is 0 Å². The molecule has 2 nitrogen and oxygen atoms in total. The fraction of sp³-hybridized carbons (Fsp3) is 0. The van der Waals surface area contributed by atoms with Crippen molar-refractivity contribution in [3.05, 3.63) is 71.0 Å². The van der Waals surface area contributed by atoms with E-state index in [0.717, 1.165) is 17.0 Å². The fourth-order valence-corrected chi connectivity index (χ4v) is 3.69. The van der Waals surface area contributed by atoms with Gasteiger partial charge in [0.05, 0.1) is 16.3 Å². The van der Waals surface area contributed by atoms with E-state index < -0.39 is 0 Å². The first kappa shape index (κ1) is 13.4. The molecule has 0 aliphatic heterocycles. The summed E-state index contributed by atoms with van der Waals surface area (Å²) in [6.07, 6.45) is 3.65. The average Bonchev–Trinajstić information content (AvgIpc) is 3.29. The molecule has 0 saturated carbocycles. The molecule has 0 amide bonds. The molecule has 0 fully saturated rings. The van der Waals surface area contributed by atoms with Gasteiger partial charge in [-0.15, -0.1) is 11.3 Å². The smallest absolute Gasteiger partial charge is 0.0815 e. The van der Waals surface area contributed by atoms with Gasteiger partial charge in [0.15, 0.2) is 0 Å². The Labute approximate surface area is 136 Å². The number of hydrogen-bond donors (Lipinski definition) is 0. The maximum absolute atomic E-state index is 4.85. The summed E-state index contributed by atoms with van der Waals surface area (Å²) in [6, 6.07) is 14.6. The molecule has 4 heterocycles. The van der Waals surface area contributed by atoms with Gasteiger partial charge in [-0.2, -0.15) is 11.3 Å². The van der Waals surface area contributed by atoms with Gasteiger partial charge in [0.1, 0.15) is 0 Å². The first-order valence-electron chi connectivity index (χ1n) is 6.89. The van der Waals surface area contributed by atoms with Crippen molar-refractivity contribution in [1.29, 1.82) is 0 Å². The van der Waals surface area contributed by atoms with Gasteiger partial charge in [-0.3, -0.25) is 4.98 Å². The van der Waals surface area contributed by atoms with Crippen molar-refractivity contribution in [2.75, 3.05) is 0 Å². The summed E-state index contributed by atoms with van der Waals surface area (Å²) in [5, 5.41) is 6.30. The van der Waals surface area contributed by atoms with Crippen LogP contribution in [0.2, 0.25) is 0 Å². The zero-order valence-corrected chi connectivity index (χ0v) is 13.3. The number of aromatic nitrogens is 2. The highest BCUT2D eigenvalue weighted by molar-refractivity contribution is 7.13. The predicted octanol–water partition coefficient (Wildman–Crippen LogP) is 5.60. The van der Waals surface area contributed by atoms with Crippen LogP contribution in [-0.2, 0) is 0 Å². The molecule has 0 aromatic carbocycles. The van der Waals surface area contributed by atoms with Crippen LogP contribution in [0.25, 0.3) is 33.0 Å². The Balaban J connectivity index is 1.91. The van der Waals surface area contributed by atoms with Crippen LogP contribution >= 0.6 is 22.7 Å². The van der Waals surface area contributed by atoms with E-state index in [0.29, 0.717) is 0 Å². The summed E-state index contributed by atoms with van der Waals surface area (Å²) in [6.45, 7) is 0. The summed E-state index contributed by atoms with van der Waals surface area (Å²) in [5.74, 6) is 0. The molecule has 0 bridgehead atoms. The number of pyridine rings is 2. The van der Waals surface area contributed by atoms with Crippen molar-refractivity contribution in [1.82, 2.24) is 9.97 Å². The molecule has 4 rings (SSSR count). The van der Waals surface area contributed by atoms with Crippen LogP contribution in [-0.4, -0.2) is 9.97 Å². The average molecular weight is 320 g/mol. The molecule has 4 heteroatoms. The Morgan fingerprint density at radius 1 is 0.773 bits per heavy atom. The molecule has 0 atom stereocenters. The first-order valence-corrected chi connectivity index (χ1v) is 8.71. The maximum atomic E-state index is 4.85. The summed E-state index contributed by atoms with van der Waals surface area (Å²) in [7, 11) is 0. The predicted molar refractivity (Wildman–Crippen MR) is 94.1 cm³/mol. The lowest BCUT2D eigenvalue weighted by atomic mass is 10.0. The SMILES string of the molecule is c1csc(-c2cc(-c3ccncc3)cc(-c3ccsc3)n2)c1. The fourth-order valence-electron chi connectivity index (χ4n) is 2.35. The summed E-state index contributed by atoms with van der Waals surface area (Å²) in [4.78, 5) is 10.1. The van der Waals surface area contributed by atoms with Crippen LogP contribution in [0.1, 0.15) is 0 Å². The maximum Gasteiger partial charge on any atom is 0.0815 e. The van der Waals surface area contributed by atoms with Crippen LogP contribution in [0.15, 0.2) is 71.0 Å². The number of hydrogen-bond acceptors (Lipinski definition) is 4. The highest BCUT2D eigenvalue weighted by atomic mass is 32.1. The topological polar surface area (TPSA) is 25.8 Å². The van der Waals surface area contributed by atoms with E-state index in [9.17, 15) is 0 Å². The van der Waals surface area contributed by atoms with Crippen molar-refractivity contribution < 1.29 is 0 Å². The monoisotopic (exact) mass is 320 g/mol. The quantitative estimate of drug-likeness (QED) is 0.491. The van der Waals surface area contributed by atoms with Gasteiger partial charge < -0.3 is 0 Å². The molecule has 22 heavy (non-hydrogen) atoms. The molecule has 0 spiro atoms. The van der Waals surface area contributed by atoms with Crippen molar-refractivity contribution in [2.24, 2.45) is 0 Å². The van der Waals surface area contributed by atoms with Crippen molar-refractivity contribution in [3.63, 3.8) is 0 Å². The third-order valence-electron chi connectivity index (χ3n) is 3.43. The third-order valence-corrected chi connectivity index (χ3v) is 5.01. The molecule has 0 unspecified atom stereocenters. The summed E-state index contributed by atoms with van der Waals surface area (Å²) < 4.78 is 0. The molecule has 0 saturated heterocycles. The van der Waals surface area contributed by atoms with E-state index >= 15 is 0 Å². The minimum Gasteiger partial charge on any atom is -0.265 e. The highest BCUT2D eigenvalue weighted by Crippen LogP contribution is 2.32. The van der Waals surface area contributed by atoms with Crippen LogP contribution < -0.4 is 0 Å². The molecule has 106 valence electrons. The molecular weight excluding hydrogens is 308 g/mol. The highest BCUT2D eigenvalue weighted by Gasteiger charge is 2.09. The van der Waals surface area contributed by atoms with E-state index in [1.807, 2.05) is 24.5 Å². The Hall–Kier alpha value is -2.30. The van der Waals surface area contributed by atoms with Crippen molar-refractivity contribution >= 4 is 22.7 Å². The van der Waals surface area contributed by atoms with Crippen LogP contribution in [0, 0.1) is 0 Å². The van der Waals surface area contributed by atoms with Gasteiger partial charge in [-0.1, -0.05) is 6.07 Å². The minimum atomic E-state index is 1.01. The second kappa shape index (κ2) is 5.83. The van der Waals surface area contributed by atoms with Crippen LogP contribution in [0.5, 0.6) is 0 Å². The molecule has 4 aromatic rings. The lowest BCUT2D eigenvalue weighted by molar-refractivity contribution is 1.31. The third kappa shape index (κ3) is 2.58. The van der Waals surface area contributed by atoms with E-state index in [-0.39, 0.29) is 0 Å². The normalized spacial score (nSPS) is 10.7. The largest absolute Gasteiger partial charge is 0.265 e. The lowest BCUT2D eigenvalue weighted by Gasteiger charge is -2.08. The summed E-state index contributed by atoms with van der Waals surface area (Å²) in [5.41, 5.74) is 5.52. The second-order valence-electron chi connectivity index (χ2n) is 4.85. The summed E-state index contributed by atoms with van der Waals surface area (Å²) >= 11 is 3.41. The molecule has 0 radical (unpaired) electrons. The Morgan fingerprint density at radius 3 is 2.36 bits per heavy atom. The number of nitrogens with zero attached hydrogens (tertiary/aromatic N) is 2. The van der Waals surface area contributed by atoms with Gasteiger partial charge in [0.25, 0.3) is 0 Å². The number of thiophene rings is 2. The van der Waals surface area contributed by atoms with E-state index in [1.165, 1.54) is 16.0 Å². The first-order chi connectivity index (χ1) is 10.9. The molecule has 0 aliphatic rings. The van der Waals surface area contributed by atoms with Gasteiger partial charge in [-0.05, 0) is 58.3 Å². The van der Waals surface area contributed by atoms with E-state index in [2.05, 4.69) is 51.5 Å².